The fraction of sp³-hybridized carbons (Fsp3) is 0.412. The highest BCUT2D eigenvalue weighted by atomic mass is 16.6. The van der Waals surface area contributed by atoms with Gasteiger partial charge in [-0.15, -0.1) is 6.42 Å². The van der Waals surface area contributed by atoms with Crippen molar-refractivity contribution in [3.63, 3.8) is 0 Å². The lowest BCUT2D eigenvalue weighted by Crippen LogP contribution is -2.38. The Balaban J connectivity index is 2.42. The fourth-order valence-electron chi connectivity index (χ4n) is 1.51. The molecule has 118 valence electrons. The smallest absolute Gasteiger partial charge is 0.411 e. The van der Waals surface area contributed by atoms with Gasteiger partial charge in [0.25, 0.3) is 0 Å². The van der Waals surface area contributed by atoms with Gasteiger partial charge >= 0.3 is 6.09 Å². The van der Waals surface area contributed by atoms with E-state index in [1.165, 1.54) is 11.1 Å². The molecule has 0 aromatic heterocycles. The number of nitrogens with zero attached hydrogens (tertiary/aromatic N) is 2. The molecule has 5 nitrogen and oxygen atoms in total. The summed E-state index contributed by atoms with van der Waals surface area (Å²) in [5.41, 5.74) is 0.456. The van der Waals surface area contributed by atoms with Crippen LogP contribution in [0.25, 0.3) is 0 Å². The van der Waals surface area contributed by atoms with Gasteiger partial charge in [0.15, 0.2) is 0 Å². The molecule has 0 heterocycles. The van der Waals surface area contributed by atoms with Crippen LogP contribution in [0.3, 0.4) is 0 Å². The van der Waals surface area contributed by atoms with Crippen LogP contribution in [0.1, 0.15) is 26.3 Å². The summed E-state index contributed by atoms with van der Waals surface area (Å²) in [7, 11) is 0. The van der Waals surface area contributed by atoms with Gasteiger partial charge in [-0.3, -0.25) is 4.90 Å². The Morgan fingerprint density at radius 2 is 2.05 bits per heavy atom. The standard InChI is InChI=1S/C17H22N2O3/c1-5-12-19(16(20)22-17(2,3)4)13-11-18-21-14-15-9-7-6-8-10-15/h1,6-11H,12-14H2,2-4H3/b18-11+. The predicted octanol–water partition coefficient (Wildman–Crippen LogP) is 3.06. The minimum atomic E-state index is -0.565. The van der Waals surface area contributed by atoms with Crippen LogP contribution in [0.4, 0.5) is 4.79 Å². The molecule has 0 aliphatic carbocycles. The number of terminal acetylenes is 1. The number of amides is 1. The van der Waals surface area contributed by atoms with Crippen LogP contribution in [-0.2, 0) is 16.2 Å². The van der Waals surface area contributed by atoms with Crippen LogP contribution in [0.2, 0.25) is 0 Å². The number of hydrogen-bond acceptors (Lipinski definition) is 4. The second kappa shape index (κ2) is 8.73. The summed E-state index contributed by atoms with van der Waals surface area (Å²) in [6, 6.07) is 9.69. The molecular formula is C17H22N2O3. The number of carbonyl (C=O) groups excluding carboxylic acids is 1. The van der Waals surface area contributed by atoms with Gasteiger partial charge in [-0.2, -0.15) is 0 Å². The van der Waals surface area contributed by atoms with E-state index < -0.39 is 11.7 Å². The second-order valence-electron chi connectivity index (χ2n) is 5.61. The minimum absolute atomic E-state index is 0.152. The molecule has 0 bridgehead atoms. The predicted molar refractivity (Wildman–Crippen MR) is 86.4 cm³/mol. The number of oxime groups is 1. The van der Waals surface area contributed by atoms with Crippen LogP contribution in [0.5, 0.6) is 0 Å². The van der Waals surface area contributed by atoms with Crippen molar-refractivity contribution in [1.29, 1.82) is 0 Å². The summed E-state index contributed by atoms with van der Waals surface area (Å²) in [5, 5.41) is 3.82. The Morgan fingerprint density at radius 3 is 2.64 bits per heavy atom. The Hall–Kier alpha value is -2.48. The lowest BCUT2D eigenvalue weighted by atomic mass is 10.2. The third kappa shape index (κ3) is 7.34. The molecule has 1 amide bonds. The van der Waals surface area contributed by atoms with Crippen LogP contribution in [0, 0.1) is 12.3 Å². The van der Waals surface area contributed by atoms with Gasteiger partial charge in [-0.05, 0) is 26.3 Å². The Labute approximate surface area is 131 Å². The van der Waals surface area contributed by atoms with E-state index in [-0.39, 0.29) is 13.1 Å². The maximum atomic E-state index is 11.9. The van der Waals surface area contributed by atoms with Crippen LogP contribution in [0.15, 0.2) is 35.5 Å². The monoisotopic (exact) mass is 302 g/mol. The molecule has 5 heteroatoms. The third-order valence-corrected chi connectivity index (χ3v) is 2.46. The van der Waals surface area contributed by atoms with Gasteiger partial charge in [0, 0.05) is 0 Å². The van der Waals surface area contributed by atoms with Crippen molar-refractivity contribution in [2.24, 2.45) is 5.16 Å². The van der Waals surface area contributed by atoms with Crippen molar-refractivity contribution in [3.05, 3.63) is 35.9 Å². The summed E-state index contributed by atoms with van der Waals surface area (Å²) < 4.78 is 5.27. The van der Waals surface area contributed by atoms with Gasteiger partial charge in [0.2, 0.25) is 0 Å². The summed E-state index contributed by atoms with van der Waals surface area (Å²) in [5.74, 6) is 2.42. The molecule has 0 saturated carbocycles. The number of carbonyl (C=O) groups is 1. The lowest BCUT2D eigenvalue weighted by Gasteiger charge is -2.25. The number of hydrogen-bond donors (Lipinski definition) is 0. The zero-order valence-corrected chi connectivity index (χ0v) is 13.3. The topological polar surface area (TPSA) is 51.1 Å². The molecule has 0 atom stereocenters. The maximum absolute atomic E-state index is 11.9. The average Bonchev–Trinajstić information content (AvgIpc) is 2.45. The van der Waals surface area contributed by atoms with Crippen molar-refractivity contribution >= 4 is 12.3 Å². The molecule has 1 aromatic carbocycles. The van der Waals surface area contributed by atoms with Gasteiger partial charge in [-0.25, -0.2) is 4.79 Å². The maximum Gasteiger partial charge on any atom is 0.411 e. The summed E-state index contributed by atoms with van der Waals surface area (Å²) in [6.45, 7) is 6.16. The van der Waals surface area contributed by atoms with Crippen molar-refractivity contribution in [1.82, 2.24) is 4.90 Å². The molecule has 0 aliphatic heterocycles. The zero-order valence-electron chi connectivity index (χ0n) is 13.3. The van der Waals surface area contributed by atoms with E-state index in [1.54, 1.807) is 20.8 Å². The van der Waals surface area contributed by atoms with Crippen molar-refractivity contribution in [3.8, 4) is 12.3 Å². The summed E-state index contributed by atoms with van der Waals surface area (Å²) >= 11 is 0. The normalized spacial score (nSPS) is 11.0. The molecule has 1 rings (SSSR count). The first-order chi connectivity index (χ1) is 10.4. The van der Waals surface area contributed by atoms with Gasteiger partial charge < -0.3 is 9.57 Å². The van der Waals surface area contributed by atoms with E-state index in [2.05, 4.69) is 11.1 Å². The highest BCUT2D eigenvalue weighted by Crippen LogP contribution is 2.09. The molecule has 22 heavy (non-hydrogen) atoms. The van der Waals surface area contributed by atoms with E-state index in [1.807, 2.05) is 30.3 Å². The molecule has 0 saturated heterocycles. The van der Waals surface area contributed by atoms with Crippen molar-refractivity contribution in [2.75, 3.05) is 13.1 Å². The van der Waals surface area contributed by atoms with Gasteiger partial charge in [-0.1, -0.05) is 41.4 Å². The van der Waals surface area contributed by atoms with Crippen LogP contribution in [-0.4, -0.2) is 35.9 Å². The average molecular weight is 302 g/mol. The first-order valence-electron chi connectivity index (χ1n) is 7.01. The first kappa shape index (κ1) is 17.6. The molecule has 1 aromatic rings. The third-order valence-electron chi connectivity index (χ3n) is 2.46. The molecule has 0 N–H and O–H groups in total. The molecule has 0 radical (unpaired) electrons. The zero-order chi connectivity index (χ0) is 16.4. The van der Waals surface area contributed by atoms with Crippen LogP contribution < -0.4 is 0 Å². The molecular weight excluding hydrogens is 280 g/mol. The van der Waals surface area contributed by atoms with Crippen LogP contribution >= 0.6 is 0 Å². The van der Waals surface area contributed by atoms with E-state index >= 15 is 0 Å². The lowest BCUT2D eigenvalue weighted by molar-refractivity contribution is 0.0302. The quantitative estimate of drug-likeness (QED) is 0.461. The van der Waals surface area contributed by atoms with E-state index in [9.17, 15) is 4.79 Å². The highest BCUT2D eigenvalue weighted by Gasteiger charge is 2.20. The fourth-order valence-corrected chi connectivity index (χ4v) is 1.51. The van der Waals surface area contributed by atoms with Crippen molar-refractivity contribution < 1.29 is 14.4 Å². The van der Waals surface area contributed by atoms with Gasteiger partial charge in [0.05, 0.1) is 19.3 Å². The van der Waals surface area contributed by atoms with Gasteiger partial charge in [0.1, 0.15) is 12.2 Å². The van der Waals surface area contributed by atoms with E-state index in [0.717, 1.165) is 5.56 Å². The molecule has 0 aliphatic rings. The Kier molecular flexibility index (Phi) is 6.97. The van der Waals surface area contributed by atoms with E-state index in [4.69, 9.17) is 16.0 Å². The first-order valence-corrected chi connectivity index (χ1v) is 7.01. The minimum Gasteiger partial charge on any atom is -0.444 e. The Morgan fingerprint density at radius 1 is 1.36 bits per heavy atom. The molecule has 0 fully saturated rings. The summed E-state index contributed by atoms with van der Waals surface area (Å²) in [4.78, 5) is 18.5. The second-order valence-corrected chi connectivity index (χ2v) is 5.61. The molecule has 0 spiro atoms. The molecule has 0 unspecified atom stereocenters. The largest absolute Gasteiger partial charge is 0.444 e. The number of rotatable bonds is 6. The summed E-state index contributed by atoms with van der Waals surface area (Å²) in [6.07, 6.45) is 6.28. The number of ether oxygens (including phenoxy) is 1. The van der Waals surface area contributed by atoms with E-state index in [0.29, 0.717) is 6.61 Å². The SMILES string of the molecule is C#CCN(C/C=N/OCc1ccccc1)C(=O)OC(C)(C)C. The Bertz CT molecular complexity index is 527. The number of benzene rings is 1. The van der Waals surface area contributed by atoms with Crippen molar-refractivity contribution in [2.45, 2.75) is 33.0 Å². The highest BCUT2D eigenvalue weighted by molar-refractivity contribution is 5.73.